The first-order chi connectivity index (χ1) is 9.22. The molecule has 0 aliphatic carbocycles. The van der Waals surface area contributed by atoms with Crippen LogP contribution in [0.3, 0.4) is 0 Å². The van der Waals surface area contributed by atoms with Crippen molar-refractivity contribution >= 4 is 5.91 Å². The minimum atomic E-state index is 0.0906. The van der Waals surface area contributed by atoms with Crippen molar-refractivity contribution in [3.05, 3.63) is 35.4 Å². The molecular weight excluding hydrogens is 240 g/mol. The number of hydrogen-bond acceptors (Lipinski definition) is 3. The zero-order chi connectivity index (χ0) is 13.9. The minimum absolute atomic E-state index is 0.0906. The second kappa shape index (κ2) is 9.53. The van der Waals surface area contributed by atoms with E-state index in [0.717, 1.165) is 13.0 Å². The molecule has 0 aliphatic rings. The smallest absolute Gasteiger partial charge is 0.221 e. The molecule has 1 amide bonds. The first-order valence-corrected chi connectivity index (χ1v) is 6.74. The number of ether oxygens (including phenoxy) is 1. The largest absolute Gasteiger partial charge is 0.385 e. The molecule has 0 bridgehead atoms. The first-order valence-electron chi connectivity index (χ1n) is 6.74. The van der Waals surface area contributed by atoms with Gasteiger partial charge in [0, 0.05) is 39.8 Å². The van der Waals surface area contributed by atoms with E-state index in [1.807, 2.05) is 0 Å². The molecule has 1 rings (SSSR count). The molecule has 2 N–H and O–H groups in total. The summed E-state index contributed by atoms with van der Waals surface area (Å²) >= 11 is 0. The first kappa shape index (κ1) is 15.7. The normalized spacial score (nSPS) is 10.4. The molecule has 0 fully saturated rings. The van der Waals surface area contributed by atoms with Crippen LogP contribution in [0.5, 0.6) is 0 Å². The maximum Gasteiger partial charge on any atom is 0.221 e. The van der Waals surface area contributed by atoms with Crippen LogP contribution in [0.25, 0.3) is 0 Å². The zero-order valence-electron chi connectivity index (χ0n) is 11.9. The molecular formula is C15H24N2O2. The molecule has 0 aliphatic heterocycles. The van der Waals surface area contributed by atoms with Crippen molar-refractivity contribution in [3.8, 4) is 0 Å². The van der Waals surface area contributed by atoms with Gasteiger partial charge >= 0.3 is 0 Å². The highest BCUT2D eigenvalue weighted by Gasteiger charge is 2.00. The maximum atomic E-state index is 11.5. The second-order valence-corrected chi connectivity index (χ2v) is 4.61. The van der Waals surface area contributed by atoms with Gasteiger partial charge in [-0.2, -0.15) is 0 Å². The van der Waals surface area contributed by atoms with Crippen molar-refractivity contribution in [2.24, 2.45) is 0 Å². The van der Waals surface area contributed by atoms with Gasteiger partial charge in [0.05, 0.1) is 0 Å². The highest BCUT2D eigenvalue weighted by Crippen LogP contribution is 2.02. The van der Waals surface area contributed by atoms with Gasteiger partial charge in [0.25, 0.3) is 0 Å². The third kappa shape index (κ3) is 7.59. The summed E-state index contributed by atoms with van der Waals surface area (Å²) in [6.45, 7) is 4.95. The molecule has 0 saturated carbocycles. The van der Waals surface area contributed by atoms with Crippen molar-refractivity contribution in [2.75, 3.05) is 26.8 Å². The zero-order valence-corrected chi connectivity index (χ0v) is 11.9. The van der Waals surface area contributed by atoms with Gasteiger partial charge in [-0.25, -0.2) is 0 Å². The second-order valence-electron chi connectivity index (χ2n) is 4.61. The van der Waals surface area contributed by atoms with Gasteiger partial charge in [-0.1, -0.05) is 29.8 Å². The lowest BCUT2D eigenvalue weighted by Crippen LogP contribution is -2.28. The fourth-order valence-electron chi connectivity index (χ4n) is 1.79. The standard InChI is InChI=1S/C15H24N2O2/c1-13-5-3-6-14(11-13)12-16-9-7-15(18)17-8-4-10-19-2/h3,5-6,11,16H,4,7-10,12H2,1-2H3,(H,17,18). The van der Waals surface area contributed by atoms with Crippen molar-refractivity contribution in [3.63, 3.8) is 0 Å². The van der Waals surface area contributed by atoms with Crippen LogP contribution in [0.4, 0.5) is 0 Å². The number of rotatable bonds is 9. The van der Waals surface area contributed by atoms with E-state index in [4.69, 9.17) is 4.74 Å². The Kier molecular flexibility index (Phi) is 7.86. The van der Waals surface area contributed by atoms with E-state index < -0.39 is 0 Å². The monoisotopic (exact) mass is 264 g/mol. The lowest BCUT2D eigenvalue weighted by atomic mass is 10.1. The van der Waals surface area contributed by atoms with Crippen molar-refractivity contribution in [1.29, 1.82) is 0 Å². The number of amides is 1. The Hall–Kier alpha value is -1.39. The molecule has 0 saturated heterocycles. The van der Waals surface area contributed by atoms with Crippen molar-refractivity contribution < 1.29 is 9.53 Å². The summed E-state index contributed by atoms with van der Waals surface area (Å²) < 4.78 is 4.92. The van der Waals surface area contributed by atoms with Crippen LogP contribution in [-0.2, 0) is 16.1 Å². The van der Waals surface area contributed by atoms with E-state index in [2.05, 4.69) is 41.8 Å². The van der Waals surface area contributed by atoms with E-state index >= 15 is 0 Å². The molecule has 0 radical (unpaired) electrons. The highest BCUT2D eigenvalue weighted by atomic mass is 16.5. The van der Waals surface area contributed by atoms with Crippen molar-refractivity contribution in [1.82, 2.24) is 10.6 Å². The van der Waals surface area contributed by atoms with Gasteiger partial charge in [0.15, 0.2) is 0 Å². The molecule has 0 atom stereocenters. The van der Waals surface area contributed by atoms with Gasteiger partial charge in [0.1, 0.15) is 0 Å². The SMILES string of the molecule is COCCCNC(=O)CCNCc1cccc(C)c1. The van der Waals surface area contributed by atoms with Gasteiger partial charge in [-0.05, 0) is 18.9 Å². The summed E-state index contributed by atoms with van der Waals surface area (Å²) in [5, 5.41) is 6.14. The molecule has 4 nitrogen and oxygen atoms in total. The van der Waals surface area contributed by atoms with Crippen LogP contribution < -0.4 is 10.6 Å². The van der Waals surface area contributed by atoms with E-state index in [-0.39, 0.29) is 5.91 Å². The quantitative estimate of drug-likeness (QED) is 0.667. The molecule has 0 unspecified atom stereocenters. The summed E-state index contributed by atoms with van der Waals surface area (Å²) in [5.74, 6) is 0.0906. The van der Waals surface area contributed by atoms with Crippen LogP contribution in [0.15, 0.2) is 24.3 Å². The lowest BCUT2D eigenvalue weighted by molar-refractivity contribution is -0.121. The number of carbonyl (C=O) groups is 1. The Morgan fingerprint density at radius 3 is 2.89 bits per heavy atom. The average molecular weight is 264 g/mol. The minimum Gasteiger partial charge on any atom is -0.385 e. The topological polar surface area (TPSA) is 50.4 Å². The molecule has 0 heterocycles. The van der Waals surface area contributed by atoms with E-state index in [1.165, 1.54) is 11.1 Å². The number of hydrogen-bond donors (Lipinski definition) is 2. The van der Waals surface area contributed by atoms with Crippen LogP contribution in [0.2, 0.25) is 0 Å². The van der Waals surface area contributed by atoms with E-state index in [9.17, 15) is 4.79 Å². The van der Waals surface area contributed by atoms with E-state index in [0.29, 0.717) is 26.1 Å². The van der Waals surface area contributed by atoms with Crippen molar-refractivity contribution in [2.45, 2.75) is 26.3 Å². The van der Waals surface area contributed by atoms with Crippen LogP contribution in [0, 0.1) is 6.92 Å². The number of benzene rings is 1. The Labute approximate surface area is 115 Å². The van der Waals surface area contributed by atoms with Gasteiger partial charge in [-0.15, -0.1) is 0 Å². The molecule has 19 heavy (non-hydrogen) atoms. The third-order valence-electron chi connectivity index (χ3n) is 2.79. The summed E-state index contributed by atoms with van der Waals surface area (Å²) in [7, 11) is 1.66. The fraction of sp³-hybridized carbons (Fsp3) is 0.533. The fourth-order valence-corrected chi connectivity index (χ4v) is 1.79. The maximum absolute atomic E-state index is 11.5. The summed E-state index contributed by atoms with van der Waals surface area (Å²) in [6.07, 6.45) is 1.37. The Morgan fingerprint density at radius 2 is 2.16 bits per heavy atom. The number of methoxy groups -OCH3 is 1. The average Bonchev–Trinajstić information content (AvgIpc) is 2.40. The Bertz CT molecular complexity index is 380. The molecule has 1 aromatic rings. The van der Waals surface area contributed by atoms with Gasteiger partial charge in [-0.3, -0.25) is 4.79 Å². The van der Waals surface area contributed by atoms with Crippen LogP contribution >= 0.6 is 0 Å². The van der Waals surface area contributed by atoms with Gasteiger partial charge < -0.3 is 15.4 Å². The van der Waals surface area contributed by atoms with Crippen LogP contribution in [-0.4, -0.2) is 32.7 Å². The predicted octanol–water partition coefficient (Wildman–Crippen LogP) is 1.63. The molecule has 106 valence electrons. The van der Waals surface area contributed by atoms with E-state index in [1.54, 1.807) is 7.11 Å². The Morgan fingerprint density at radius 1 is 1.32 bits per heavy atom. The summed E-state index contributed by atoms with van der Waals surface area (Å²) in [6, 6.07) is 8.37. The summed E-state index contributed by atoms with van der Waals surface area (Å²) in [5.41, 5.74) is 2.51. The lowest BCUT2D eigenvalue weighted by Gasteiger charge is -2.07. The molecule has 4 heteroatoms. The summed E-state index contributed by atoms with van der Waals surface area (Å²) in [4.78, 5) is 11.5. The molecule has 0 spiro atoms. The molecule has 0 aromatic heterocycles. The Balaban J connectivity index is 2.05. The number of nitrogens with one attached hydrogen (secondary N) is 2. The molecule has 1 aromatic carbocycles. The predicted molar refractivity (Wildman–Crippen MR) is 77.0 cm³/mol. The van der Waals surface area contributed by atoms with Crippen LogP contribution in [0.1, 0.15) is 24.0 Å². The highest BCUT2D eigenvalue weighted by molar-refractivity contribution is 5.75. The number of aryl methyl sites for hydroxylation is 1. The number of carbonyl (C=O) groups excluding carboxylic acids is 1. The third-order valence-corrected chi connectivity index (χ3v) is 2.79. The van der Waals surface area contributed by atoms with Gasteiger partial charge in [0.2, 0.25) is 5.91 Å².